The second-order valence-electron chi connectivity index (χ2n) is 22.9. The summed E-state index contributed by atoms with van der Waals surface area (Å²) in [6.07, 6.45) is -13.6. The highest BCUT2D eigenvalue weighted by atomic mass is 16.8. The third-order valence-electron chi connectivity index (χ3n) is 18.6. The van der Waals surface area contributed by atoms with E-state index in [2.05, 4.69) is 47.6 Å². The van der Waals surface area contributed by atoms with Gasteiger partial charge in [0.15, 0.2) is 18.9 Å². The van der Waals surface area contributed by atoms with Gasteiger partial charge in [-0.15, -0.1) is 0 Å². The molecule has 66 heavy (non-hydrogen) atoms. The number of hydrogen-bond acceptors (Lipinski definition) is 18. The number of aliphatic hydroxyl groups excluding tert-OH is 11. The molecule has 0 aromatic heterocycles. The summed E-state index contributed by atoms with van der Waals surface area (Å²) in [5, 5.41) is 126. The Balaban J connectivity index is 1.04. The zero-order valence-electron chi connectivity index (χ0n) is 40.0. The highest BCUT2D eigenvalue weighted by molar-refractivity contribution is 5.30. The fourth-order valence-corrected chi connectivity index (χ4v) is 14.2. The lowest BCUT2D eigenvalue weighted by Gasteiger charge is -2.66. The van der Waals surface area contributed by atoms with E-state index >= 15 is 0 Å². The minimum absolute atomic E-state index is 0.0113. The third-order valence-corrected chi connectivity index (χ3v) is 18.6. The average molecular weight is 947 g/mol. The number of hydrogen-bond donors (Lipinski definition) is 12. The van der Waals surface area contributed by atoms with Gasteiger partial charge in [0.05, 0.1) is 37.6 Å². The van der Waals surface area contributed by atoms with E-state index in [1.165, 1.54) is 5.57 Å². The first-order valence-electron chi connectivity index (χ1n) is 24.4. The molecule has 18 heteroatoms. The lowest BCUT2D eigenvalue weighted by atomic mass is 9.39. The standard InChI is InChI=1S/C48H82O18/c1-22(9-13-31(45(4,5)60)65-43-40(37(57)34(54)28(21-51)63-43)66-42-39(59)36(56)33(53)27(20-50)62-42)23-15-16-48(8)29-12-10-24-25(46(29,6)17-18-47(23,48)7)11-14-30(44(24,2)3)64-41-38(58)35(55)32(52)26(19-49)61-41/h10,22-23,25-43,49-60H,9,11-21H2,1-8H3/t22?,23?,25?,26-,27-,28-,29?,30?,31?,32-,33-,34-,35+,36+,37+,38-,39-,40-,41+,42+,43+,46?,47?,48?/m1/s1. The Bertz CT molecular complexity index is 1670. The van der Waals surface area contributed by atoms with Gasteiger partial charge in [-0.1, -0.05) is 53.2 Å². The fraction of sp³-hybridized carbons (Fsp3) is 0.958. The molecular formula is C48H82O18. The summed E-state index contributed by atoms with van der Waals surface area (Å²) >= 11 is 0. The van der Waals surface area contributed by atoms with Crippen molar-refractivity contribution in [2.24, 2.45) is 45.3 Å². The summed E-state index contributed by atoms with van der Waals surface area (Å²) in [5.74, 6) is 1.32. The zero-order valence-corrected chi connectivity index (χ0v) is 40.0. The van der Waals surface area contributed by atoms with E-state index in [4.69, 9.17) is 28.4 Å². The SMILES string of the molecule is CC(CCC(O[C@@H]1O[C@H](CO)[C@@H](O)[C@H](O)[C@H]1O[C@@H]1O[C@H](CO)[C@@H](O)[C@H](O)[C@H]1O)C(C)(C)O)C1CCC2(C)C3CC=C4C(CCC(O[C@@H]5O[C@H](CO)[C@@H](O)[C@H](O)[C@H]5O)C4(C)C)C3(C)CCC12C. The molecule has 0 aromatic rings. The summed E-state index contributed by atoms with van der Waals surface area (Å²) in [4.78, 5) is 0. The van der Waals surface area contributed by atoms with Crippen LogP contribution in [0, 0.1) is 45.3 Å². The monoisotopic (exact) mass is 947 g/mol. The molecule has 0 bridgehead atoms. The number of allylic oxidation sites excluding steroid dienone is 1. The van der Waals surface area contributed by atoms with Crippen LogP contribution in [0.1, 0.15) is 113 Å². The van der Waals surface area contributed by atoms with Crippen molar-refractivity contribution < 1.29 is 89.7 Å². The molecule has 12 N–H and O–H groups in total. The van der Waals surface area contributed by atoms with Crippen LogP contribution in [-0.2, 0) is 28.4 Å². The van der Waals surface area contributed by atoms with Crippen LogP contribution in [0.4, 0.5) is 0 Å². The van der Waals surface area contributed by atoms with Gasteiger partial charge < -0.3 is 89.7 Å². The highest BCUT2D eigenvalue weighted by Crippen LogP contribution is 2.75. The van der Waals surface area contributed by atoms with Crippen molar-refractivity contribution in [3.8, 4) is 0 Å². The van der Waals surface area contributed by atoms with Crippen molar-refractivity contribution in [3.05, 3.63) is 11.6 Å². The van der Waals surface area contributed by atoms with Crippen LogP contribution < -0.4 is 0 Å². The predicted octanol–water partition coefficient (Wildman–Crippen LogP) is -0.0268. The summed E-state index contributed by atoms with van der Waals surface area (Å²) in [6.45, 7) is 15.4. The third kappa shape index (κ3) is 9.01. The van der Waals surface area contributed by atoms with Crippen LogP contribution in [0.25, 0.3) is 0 Å². The predicted molar refractivity (Wildman–Crippen MR) is 234 cm³/mol. The van der Waals surface area contributed by atoms with Gasteiger partial charge in [-0.05, 0) is 112 Å². The van der Waals surface area contributed by atoms with Crippen LogP contribution >= 0.6 is 0 Å². The van der Waals surface area contributed by atoms with Crippen molar-refractivity contribution in [3.63, 3.8) is 0 Å². The van der Waals surface area contributed by atoms with Gasteiger partial charge in [-0.25, -0.2) is 0 Å². The van der Waals surface area contributed by atoms with Gasteiger partial charge in [-0.2, -0.15) is 0 Å². The van der Waals surface area contributed by atoms with E-state index < -0.39 is 129 Å². The van der Waals surface area contributed by atoms with Crippen molar-refractivity contribution in [1.29, 1.82) is 0 Å². The van der Waals surface area contributed by atoms with Gasteiger partial charge in [0, 0.05) is 5.41 Å². The summed E-state index contributed by atoms with van der Waals surface area (Å²) in [5.41, 5.74) is -0.425. The van der Waals surface area contributed by atoms with Gasteiger partial charge in [0.25, 0.3) is 0 Å². The molecule has 7 aliphatic rings. The smallest absolute Gasteiger partial charge is 0.187 e. The molecular weight excluding hydrogens is 865 g/mol. The quantitative estimate of drug-likeness (QED) is 0.102. The Hall–Kier alpha value is -0.980. The van der Waals surface area contributed by atoms with E-state index in [0.29, 0.717) is 30.6 Å². The fourth-order valence-electron chi connectivity index (χ4n) is 14.2. The van der Waals surface area contributed by atoms with Crippen LogP contribution in [0.3, 0.4) is 0 Å². The van der Waals surface area contributed by atoms with Crippen molar-refractivity contribution in [2.75, 3.05) is 19.8 Å². The summed E-state index contributed by atoms with van der Waals surface area (Å²) in [6, 6.07) is 0. The molecule has 0 spiro atoms. The van der Waals surface area contributed by atoms with Gasteiger partial charge in [-0.3, -0.25) is 0 Å². The Morgan fingerprint density at radius 1 is 0.636 bits per heavy atom. The summed E-state index contributed by atoms with van der Waals surface area (Å²) < 4.78 is 36.0. The van der Waals surface area contributed by atoms with E-state index in [-0.39, 0.29) is 28.3 Å². The maximum atomic E-state index is 11.5. The summed E-state index contributed by atoms with van der Waals surface area (Å²) in [7, 11) is 0. The lowest BCUT2D eigenvalue weighted by molar-refractivity contribution is -0.375. The minimum Gasteiger partial charge on any atom is -0.394 e. The second kappa shape index (κ2) is 19.6. The van der Waals surface area contributed by atoms with Crippen molar-refractivity contribution >= 4 is 0 Å². The van der Waals surface area contributed by atoms with Gasteiger partial charge in [0.2, 0.25) is 0 Å². The van der Waals surface area contributed by atoms with E-state index in [1.54, 1.807) is 13.8 Å². The number of ether oxygens (including phenoxy) is 6. The maximum absolute atomic E-state index is 11.5. The van der Waals surface area contributed by atoms with Crippen molar-refractivity contribution in [1.82, 2.24) is 0 Å². The molecule has 0 radical (unpaired) electrons. The van der Waals surface area contributed by atoms with Crippen LogP contribution in [-0.4, -0.2) is 191 Å². The molecule has 7 rings (SSSR count). The molecule has 9 unspecified atom stereocenters. The molecule has 3 heterocycles. The average Bonchev–Trinajstić information content (AvgIpc) is 3.55. The van der Waals surface area contributed by atoms with E-state index in [0.717, 1.165) is 44.9 Å². The second-order valence-corrected chi connectivity index (χ2v) is 22.9. The zero-order chi connectivity index (χ0) is 48.6. The number of fused-ring (bicyclic) bond motifs is 5. The molecule has 3 aliphatic heterocycles. The normalized spacial score (nSPS) is 50.4. The maximum Gasteiger partial charge on any atom is 0.187 e. The largest absolute Gasteiger partial charge is 0.394 e. The first kappa shape index (κ1) is 52.8. The van der Waals surface area contributed by atoms with Crippen LogP contribution in [0.2, 0.25) is 0 Å². The Kier molecular flexibility index (Phi) is 15.7. The first-order valence-corrected chi connectivity index (χ1v) is 24.4. The molecule has 3 saturated heterocycles. The molecule has 18 nitrogen and oxygen atoms in total. The molecule has 24 atom stereocenters. The Morgan fingerprint density at radius 2 is 1.17 bits per heavy atom. The van der Waals surface area contributed by atoms with Gasteiger partial charge in [0.1, 0.15) is 73.2 Å². The highest BCUT2D eigenvalue weighted by Gasteiger charge is 2.68. The molecule has 382 valence electrons. The van der Waals surface area contributed by atoms with Crippen molar-refractivity contribution in [2.45, 2.75) is 223 Å². The molecule has 3 saturated carbocycles. The van der Waals surface area contributed by atoms with Crippen LogP contribution in [0.15, 0.2) is 11.6 Å². The lowest BCUT2D eigenvalue weighted by Crippen LogP contribution is -2.65. The minimum atomic E-state index is -1.81. The number of aliphatic hydroxyl groups is 12. The van der Waals surface area contributed by atoms with E-state index in [9.17, 15) is 61.3 Å². The number of rotatable bonds is 14. The van der Waals surface area contributed by atoms with E-state index in [1.807, 2.05) is 0 Å². The molecule has 0 aromatic carbocycles. The molecule has 4 aliphatic carbocycles. The molecule has 0 amide bonds. The van der Waals surface area contributed by atoms with Crippen LogP contribution in [0.5, 0.6) is 0 Å². The van der Waals surface area contributed by atoms with Gasteiger partial charge >= 0.3 is 0 Å². The molecule has 6 fully saturated rings. The Morgan fingerprint density at radius 3 is 1.71 bits per heavy atom. The topological polar surface area (TPSA) is 298 Å². The first-order chi connectivity index (χ1) is 30.8. The Labute approximate surface area is 388 Å².